The largest absolute Gasteiger partial charge is 0.477 e. The van der Waals surface area contributed by atoms with Gasteiger partial charge in [-0.15, -0.1) is 0 Å². The molecule has 1 heterocycles. The molecule has 0 fully saturated rings. The van der Waals surface area contributed by atoms with E-state index in [4.69, 9.17) is 28.3 Å². The fourth-order valence-electron chi connectivity index (χ4n) is 1.35. The van der Waals surface area contributed by atoms with Crippen molar-refractivity contribution in [3.63, 3.8) is 0 Å². The van der Waals surface area contributed by atoms with Crippen molar-refractivity contribution < 1.29 is 14.3 Å². The summed E-state index contributed by atoms with van der Waals surface area (Å²) in [5.41, 5.74) is -0.307. The van der Waals surface area contributed by atoms with Crippen LogP contribution >= 0.6 is 23.2 Å². The van der Waals surface area contributed by atoms with Crippen LogP contribution in [0, 0.1) is 5.82 Å². The zero-order valence-electron chi connectivity index (χ0n) is 7.67. The molecule has 1 N–H and O–H groups in total. The number of halogens is 3. The fourth-order valence-corrected chi connectivity index (χ4v) is 1.80. The highest BCUT2D eigenvalue weighted by Gasteiger charge is 2.13. The summed E-state index contributed by atoms with van der Waals surface area (Å²) in [4.78, 5) is 14.3. The summed E-state index contributed by atoms with van der Waals surface area (Å²) in [6.45, 7) is 0. The molecule has 1 aromatic carbocycles. The lowest BCUT2D eigenvalue weighted by Gasteiger charge is -2.04. The number of aromatic carboxylic acids is 1. The first-order chi connectivity index (χ1) is 7.49. The van der Waals surface area contributed by atoms with Crippen LogP contribution in [0.1, 0.15) is 10.5 Å². The number of fused-ring (bicyclic) bond motifs is 1. The number of carboxylic acids is 1. The van der Waals surface area contributed by atoms with E-state index in [9.17, 15) is 9.18 Å². The Kier molecular flexibility index (Phi) is 2.69. The molecule has 0 saturated carbocycles. The number of hydrogen-bond acceptors (Lipinski definition) is 2. The number of hydrogen-bond donors (Lipinski definition) is 1. The van der Waals surface area contributed by atoms with E-state index >= 15 is 0 Å². The van der Waals surface area contributed by atoms with Gasteiger partial charge >= 0.3 is 5.97 Å². The molecular formula is C10H4Cl2FNO2. The molecule has 0 aliphatic heterocycles. The summed E-state index contributed by atoms with van der Waals surface area (Å²) in [7, 11) is 0. The Hall–Kier alpha value is -1.39. The maximum absolute atomic E-state index is 13.5. The van der Waals surface area contributed by atoms with Gasteiger partial charge in [0.2, 0.25) is 0 Å². The average molecular weight is 260 g/mol. The monoisotopic (exact) mass is 259 g/mol. The summed E-state index contributed by atoms with van der Waals surface area (Å²) in [6.07, 6.45) is 0. The van der Waals surface area contributed by atoms with Crippen LogP contribution in [0.2, 0.25) is 10.2 Å². The lowest BCUT2D eigenvalue weighted by Crippen LogP contribution is -2.01. The van der Waals surface area contributed by atoms with Crippen LogP contribution in [-0.2, 0) is 0 Å². The van der Waals surface area contributed by atoms with Gasteiger partial charge in [-0.25, -0.2) is 14.2 Å². The molecule has 0 amide bonds. The third kappa shape index (κ3) is 1.81. The van der Waals surface area contributed by atoms with Crippen molar-refractivity contribution in [1.82, 2.24) is 4.98 Å². The van der Waals surface area contributed by atoms with Crippen molar-refractivity contribution >= 4 is 39.9 Å². The van der Waals surface area contributed by atoms with Gasteiger partial charge in [0.05, 0.1) is 0 Å². The van der Waals surface area contributed by atoms with E-state index in [0.717, 1.165) is 12.1 Å². The molecule has 16 heavy (non-hydrogen) atoms. The Balaban J connectivity index is 2.87. The predicted octanol–water partition coefficient (Wildman–Crippen LogP) is 3.38. The zero-order valence-corrected chi connectivity index (χ0v) is 9.18. The predicted molar refractivity (Wildman–Crippen MR) is 58.7 cm³/mol. The summed E-state index contributed by atoms with van der Waals surface area (Å²) in [5.74, 6) is -1.90. The van der Waals surface area contributed by atoms with Gasteiger partial charge in [0.15, 0.2) is 5.69 Å². The zero-order chi connectivity index (χ0) is 11.9. The van der Waals surface area contributed by atoms with E-state index < -0.39 is 11.8 Å². The molecule has 6 heteroatoms. The van der Waals surface area contributed by atoms with Gasteiger partial charge in [0.1, 0.15) is 11.0 Å². The molecule has 0 atom stereocenters. The first kappa shape index (κ1) is 11.1. The summed E-state index contributed by atoms with van der Waals surface area (Å²) < 4.78 is 13.5. The molecule has 2 rings (SSSR count). The number of pyridine rings is 1. The van der Waals surface area contributed by atoms with E-state index in [1.54, 1.807) is 0 Å². The summed E-state index contributed by atoms with van der Waals surface area (Å²) >= 11 is 11.4. The van der Waals surface area contributed by atoms with Crippen LogP contribution in [-0.4, -0.2) is 16.1 Å². The van der Waals surface area contributed by atoms with Gasteiger partial charge in [-0.3, -0.25) is 0 Å². The lowest BCUT2D eigenvalue weighted by molar-refractivity contribution is 0.0690. The standard InChI is InChI=1S/C10H4Cl2FNO2/c11-4-1-6-5(7(13)2-4)3-8(10(15)16)14-9(6)12/h1-3H,(H,15,16). The number of aromatic nitrogens is 1. The van der Waals surface area contributed by atoms with Gasteiger partial charge in [0, 0.05) is 15.8 Å². The fraction of sp³-hybridized carbons (Fsp3) is 0. The van der Waals surface area contributed by atoms with Crippen molar-refractivity contribution in [2.24, 2.45) is 0 Å². The van der Waals surface area contributed by atoms with Crippen molar-refractivity contribution in [1.29, 1.82) is 0 Å². The van der Waals surface area contributed by atoms with Crippen LogP contribution in [0.3, 0.4) is 0 Å². The lowest BCUT2D eigenvalue weighted by atomic mass is 10.1. The maximum atomic E-state index is 13.5. The third-order valence-electron chi connectivity index (χ3n) is 2.04. The molecular weight excluding hydrogens is 256 g/mol. The third-order valence-corrected chi connectivity index (χ3v) is 2.54. The van der Waals surface area contributed by atoms with E-state index in [-0.39, 0.29) is 26.6 Å². The van der Waals surface area contributed by atoms with Crippen LogP contribution in [0.15, 0.2) is 18.2 Å². The number of rotatable bonds is 1. The minimum absolute atomic E-state index is 0.0850. The first-order valence-corrected chi connectivity index (χ1v) is 4.93. The molecule has 0 saturated heterocycles. The van der Waals surface area contributed by atoms with E-state index in [2.05, 4.69) is 4.98 Å². The minimum Gasteiger partial charge on any atom is -0.477 e. The van der Waals surface area contributed by atoms with Gasteiger partial charge in [0.25, 0.3) is 0 Å². The minimum atomic E-state index is -1.27. The van der Waals surface area contributed by atoms with Crippen LogP contribution in [0.25, 0.3) is 10.8 Å². The van der Waals surface area contributed by atoms with Crippen LogP contribution in [0.5, 0.6) is 0 Å². The van der Waals surface area contributed by atoms with Gasteiger partial charge in [-0.2, -0.15) is 0 Å². The summed E-state index contributed by atoms with van der Waals surface area (Å²) in [5, 5.41) is 9.21. The average Bonchev–Trinajstić information content (AvgIpc) is 2.19. The van der Waals surface area contributed by atoms with Gasteiger partial charge in [-0.05, 0) is 18.2 Å². The Morgan fingerprint density at radius 1 is 1.25 bits per heavy atom. The maximum Gasteiger partial charge on any atom is 0.354 e. The van der Waals surface area contributed by atoms with Crippen molar-refractivity contribution in [2.45, 2.75) is 0 Å². The van der Waals surface area contributed by atoms with Crippen LogP contribution < -0.4 is 0 Å². The topological polar surface area (TPSA) is 50.2 Å². The first-order valence-electron chi connectivity index (χ1n) is 4.17. The van der Waals surface area contributed by atoms with E-state index in [0.29, 0.717) is 0 Å². The second-order valence-corrected chi connectivity index (χ2v) is 3.88. The molecule has 3 nitrogen and oxygen atoms in total. The number of nitrogens with zero attached hydrogens (tertiary/aromatic N) is 1. The molecule has 2 aromatic rings. The van der Waals surface area contributed by atoms with Crippen LogP contribution in [0.4, 0.5) is 4.39 Å². The Bertz CT molecular complexity index is 601. The molecule has 1 aromatic heterocycles. The molecule has 0 bridgehead atoms. The Morgan fingerprint density at radius 2 is 1.94 bits per heavy atom. The Morgan fingerprint density at radius 3 is 2.56 bits per heavy atom. The van der Waals surface area contributed by atoms with Crippen molar-refractivity contribution in [3.8, 4) is 0 Å². The highest BCUT2D eigenvalue weighted by Crippen LogP contribution is 2.28. The SMILES string of the molecule is O=C(O)c1cc2c(F)cc(Cl)cc2c(Cl)n1. The van der Waals surface area contributed by atoms with E-state index in [1.165, 1.54) is 6.07 Å². The molecule has 82 valence electrons. The molecule has 0 unspecified atom stereocenters. The highest BCUT2D eigenvalue weighted by atomic mass is 35.5. The molecule has 0 radical (unpaired) electrons. The normalized spacial score (nSPS) is 10.7. The van der Waals surface area contributed by atoms with Gasteiger partial charge < -0.3 is 5.11 Å². The number of benzene rings is 1. The highest BCUT2D eigenvalue weighted by molar-refractivity contribution is 6.36. The quantitative estimate of drug-likeness (QED) is 0.799. The number of carbonyl (C=O) groups is 1. The molecule has 0 aliphatic carbocycles. The van der Waals surface area contributed by atoms with Crippen molar-refractivity contribution in [2.75, 3.05) is 0 Å². The Labute approximate surface area is 99.4 Å². The van der Waals surface area contributed by atoms with Crippen molar-refractivity contribution in [3.05, 3.63) is 39.9 Å². The number of carboxylic acid groups (broad SMARTS) is 1. The summed E-state index contributed by atoms with van der Waals surface area (Å²) in [6, 6.07) is 3.64. The van der Waals surface area contributed by atoms with E-state index in [1.807, 2.05) is 0 Å². The molecule has 0 aliphatic rings. The second kappa shape index (κ2) is 3.88. The molecule has 0 spiro atoms. The van der Waals surface area contributed by atoms with Gasteiger partial charge in [-0.1, -0.05) is 23.2 Å². The second-order valence-electron chi connectivity index (χ2n) is 3.09. The smallest absolute Gasteiger partial charge is 0.354 e.